The van der Waals surface area contributed by atoms with Crippen molar-refractivity contribution < 1.29 is 24.3 Å². The summed E-state index contributed by atoms with van der Waals surface area (Å²) in [6, 6.07) is 39.8. The number of para-hydroxylation sites is 2. The first-order valence-corrected chi connectivity index (χ1v) is 19.4. The molecule has 11 rings (SSSR count). The number of azo groups is 1. The van der Waals surface area contributed by atoms with Gasteiger partial charge in [0.1, 0.15) is 17.1 Å². The van der Waals surface area contributed by atoms with E-state index in [1.54, 1.807) is 72.8 Å². The molecular formula is C48H30N8O5. The van der Waals surface area contributed by atoms with Gasteiger partial charge >= 0.3 is 0 Å². The van der Waals surface area contributed by atoms with Crippen LogP contribution in [-0.4, -0.2) is 39.4 Å². The lowest BCUT2D eigenvalue weighted by Crippen LogP contribution is -2.30. The first kappa shape index (κ1) is 35.5. The minimum atomic E-state index is -0.570. The van der Waals surface area contributed by atoms with Crippen LogP contribution in [0.3, 0.4) is 0 Å². The predicted octanol–water partition coefficient (Wildman–Crippen LogP) is 9.57. The number of Topliss-reactive ketones (excluding diaryl/α,β-unsaturated/α-hetero) is 1. The number of aromatic amines is 1. The summed E-state index contributed by atoms with van der Waals surface area (Å²) < 4.78 is 0. The molecule has 61 heavy (non-hydrogen) atoms. The highest BCUT2D eigenvalue weighted by molar-refractivity contribution is 6.38. The van der Waals surface area contributed by atoms with Crippen molar-refractivity contribution in [3.63, 3.8) is 0 Å². The number of rotatable bonds is 5. The van der Waals surface area contributed by atoms with Gasteiger partial charge in [-0.2, -0.15) is 5.11 Å². The Morgan fingerprint density at radius 1 is 0.672 bits per heavy atom. The number of aromatic nitrogens is 1. The molecule has 1 aromatic heterocycles. The Hall–Kier alpha value is -8.71. The second kappa shape index (κ2) is 13.7. The number of hydrogen-bond acceptors (Lipinski definition) is 8. The van der Waals surface area contributed by atoms with E-state index in [0.29, 0.717) is 61.9 Å². The van der Waals surface area contributed by atoms with E-state index in [4.69, 9.17) is 4.99 Å². The number of aliphatic imine (C=N–C) groups is 1. The Bertz CT molecular complexity index is 3380. The monoisotopic (exact) mass is 798 g/mol. The second-order valence-electron chi connectivity index (χ2n) is 14.9. The van der Waals surface area contributed by atoms with Crippen LogP contribution in [0.2, 0.25) is 0 Å². The van der Waals surface area contributed by atoms with Crippen LogP contribution >= 0.6 is 0 Å². The largest absolute Gasteiger partial charge is 0.505 e. The molecule has 0 unspecified atom stereocenters. The molecular weight excluding hydrogens is 769 g/mol. The summed E-state index contributed by atoms with van der Waals surface area (Å²) in [6.07, 6.45) is 0.272. The van der Waals surface area contributed by atoms with Gasteiger partial charge in [0.15, 0.2) is 5.75 Å². The Labute approximate surface area is 345 Å². The number of fused-ring (bicyclic) bond motifs is 8. The van der Waals surface area contributed by atoms with Crippen LogP contribution in [0.15, 0.2) is 154 Å². The number of amidine groups is 1. The lowest BCUT2D eigenvalue weighted by atomic mass is 9.93. The number of anilines is 3. The average molecular weight is 799 g/mol. The molecule has 8 aromatic rings. The van der Waals surface area contributed by atoms with Crippen molar-refractivity contribution in [2.75, 3.05) is 16.0 Å². The number of H-pyrrole nitrogens is 1. The van der Waals surface area contributed by atoms with E-state index < -0.39 is 11.8 Å². The smallest absolute Gasteiger partial charge is 0.261 e. The highest BCUT2D eigenvalue weighted by Gasteiger charge is 2.35. The number of hydrogen-bond donors (Lipinski definition) is 6. The first-order chi connectivity index (χ1) is 29.8. The maximum atomic E-state index is 13.8. The molecule has 3 amide bonds. The zero-order chi connectivity index (χ0) is 41.4. The summed E-state index contributed by atoms with van der Waals surface area (Å²) in [6.45, 7) is 0. The lowest BCUT2D eigenvalue weighted by molar-refractivity contribution is -0.115. The van der Waals surface area contributed by atoms with Crippen LogP contribution in [0.25, 0.3) is 38.3 Å². The van der Waals surface area contributed by atoms with Gasteiger partial charge in [0.25, 0.3) is 11.8 Å². The molecule has 0 bridgehead atoms. The van der Waals surface area contributed by atoms with Gasteiger partial charge in [0.2, 0.25) is 11.7 Å². The minimum absolute atomic E-state index is 0.00683. The summed E-state index contributed by atoms with van der Waals surface area (Å²) in [7, 11) is 0. The molecule has 0 spiro atoms. The number of phenols is 1. The second-order valence-corrected chi connectivity index (χ2v) is 14.9. The SMILES string of the molecule is O=C1Cc2ccc(NC(=O)c3cc4ccc5c6ccccc6[nH]c5c4c(N=Nc4ccc(N=C5N/C(=C6/C(=O)Nc7ccccc7C6=O)c6ccccc65)cc4)c3O)cc2N1. The quantitative estimate of drug-likeness (QED) is 0.0571. The number of carbonyl (C=O) groups is 4. The summed E-state index contributed by atoms with van der Waals surface area (Å²) in [4.78, 5) is 60.9. The van der Waals surface area contributed by atoms with E-state index in [-0.39, 0.29) is 40.7 Å². The average Bonchev–Trinajstić information content (AvgIpc) is 3.96. The molecule has 3 aliphatic rings. The molecule has 0 radical (unpaired) electrons. The van der Waals surface area contributed by atoms with Crippen LogP contribution in [0.5, 0.6) is 5.75 Å². The summed E-state index contributed by atoms with van der Waals surface area (Å²) in [5.41, 5.74) is 7.30. The molecule has 0 saturated carbocycles. The number of nitrogens with zero attached hydrogens (tertiary/aromatic N) is 3. The van der Waals surface area contributed by atoms with Crippen LogP contribution in [0.1, 0.15) is 37.4 Å². The molecule has 0 saturated heterocycles. The van der Waals surface area contributed by atoms with Crippen molar-refractivity contribution in [3.05, 3.63) is 167 Å². The fourth-order valence-corrected chi connectivity index (χ4v) is 8.26. The van der Waals surface area contributed by atoms with Gasteiger partial charge in [-0.3, -0.25) is 19.2 Å². The maximum Gasteiger partial charge on any atom is 0.261 e. The Morgan fingerprint density at radius 3 is 2.28 bits per heavy atom. The van der Waals surface area contributed by atoms with Gasteiger partial charge in [-0.05, 0) is 71.6 Å². The van der Waals surface area contributed by atoms with Crippen LogP contribution in [0, 0.1) is 0 Å². The fourth-order valence-electron chi connectivity index (χ4n) is 8.26. The number of phenolic OH excluding ortho intramolecular Hbond substituents is 1. The molecule has 13 nitrogen and oxygen atoms in total. The third kappa shape index (κ3) is 5.90. The van der Waals surface area contributed by atoms with Gasteiger partial charge in [0.05, 0.1) is 40.3 Å². The molecule has 292 valence electrons. The number of benzene rings is 7. The van der Waals surface area contributed by atoms with E-state index in [2.05, 4.69) is 36.5 Å². The Balaban J connectivity index is 0.945. The predicted molar refractivity (Wildman–Crippen MR) is 234 cm³/mol. The van der Waals surface area contributed by atoms with Crippen LogP contribution in [0.4, 0.5) is 34.1 Å². The number of carbonyl (C=O) groups excluding carboxylic acids is 4. The topological polar surface area (TPSA) is 189 Å². The normalized spacial score (nSPS) is 16.2. The third-order valence-corrected chi connectivity index (χ3v) is 11.1. The minimum Gasteiger partial charge on any atom is -0.505 e. The highest BCUT2D eigenvalue weighted by Crippen LogP contribution is 2.44. The zero-order valence-electron chi connectivity index (χ0n) is 31.8. The highest BCUT2D eigenvalue weighted by atomic mass is 16.3. The van der Waals surface area contributed by atoms with E-state index in [1.807, 2.05) is 60.7 Å². The molecule has 0 atom stereocenters. The third-order valence-electron chi connectivity index (χ3n) is 11.1. The number of nitrogens with one attached hydrogen (secondary N) is 5. The molecule has 0 fully saturated rings. The summed E-state index contributed by atoms with van der Waals surface area (Å²) in [5, 5.41) is 35.8. The fraction of sp³-hybridized carbons (Fsp3) is 0.0208. The van der Waals surface area contributed by atoms with E-state index in [0.717, 1.165) is 32.9 Å². The van der Waals surface area contributed by atoms with Crippen molar-refractivity contribution in [3.8, 4) is 5.75 Å². The molecule has 6 N–H and O–H groups in total. The molecule has 7 aromatic carbocycles. The first-order valence-electron chi connectivity index (χ1n) is 19.4. The van der Waals surface area contributed by atoms with Gasteiger partial charge in [-0.1, -0.05) is 72.8 Å². The van der Waals surface area contributed by atoms with Crippen molar-refractivity contribution in [1.29, 1.82) is 0 Å². The van der Waals surface area contributed by atoms with E-state index in [9.17, 15) is 24.3 Å². The van der Waals surface area contributed by atoms with Gasteiger partial charge < -0.3 is 31.4 Å². The van der Waals surface area contributed by atoms with Gasteiger partial charge in [-0.25, -0.2) is 4.99 Å². The summed E-state index contributed by atoms with van der Waals surface area (Å²) >= 11 is 0. The Kier molecular flexibility index (Phi) is 7.96. The summed E-state index contributed by atoms with van der Waals surface area (Å²) in [5.74, 6) is -1.46. The molecule has 4 heterocycles. The van der Waals surface area contributed by atoms with Gasteiger partial charge in [-0.15, -0.1) is 5.11 Å². The maximum absolute atomic E-state index is 13.8. The lowest BCUT2D eigenvalue weighted by Gasteiger charge is -2.19. The molecule has 0 aliphatic carbocycles. The Morgan fingerprint density at radius 2 is 1.43 bits per heavy atom. The molecule has 3 aliphatic heterocycles. The number of ketones is 1. The van der Waals surface area contributed by atoms with Crippen molar-refractivity contribution >= 4 is 102 Å². The van der Waals surface area contributed by atoms with E-state index >= 15 is 0 Å². The van der Waals surface area contributed by atoms with Crippen LogP contribution in [-0.2, 0) is 16.0 Å². The zero-order valence-corrected chi connectivity index (χ0v) is 31.8. The van der Waals surface area contributed by atoms with Crippen LogP contribution < -0.4 is 21.3 Å². The van der Waals surface area contributed by atoms with E-state index in [1.165, 1.54) is 0 Å². The van der Waals surface area contributed by atoms with Crippen molar-refractivity contribution in [2.45, 2.75) is 6.42 Å². The van der Waals surface area contributed by atoms with Crippen molar-refractivity contribution in [1.82, 2.24) is 10.3 Å². The van der Waals surface area contributed by atoms with Gasteiger partial charge in [0, 0.05) is 49.7 Å². The van der Waals surface area contributed by atoms with Crippen molar-refractivity contribution in [2.24, 2.45) is 15.2 Å². The standard InChI is InChI=1S/C48H30N8O5/c57-38-22-24-13-15-28(23-37(24)51-38)50-47(60)34-21-25-14-20-31-29-7-3-5-11-35(29)52-41(31)39(25)43(45(34)59)56-55-27-18-16-26(17-19-27)49-46-32-9-2-1-8-30(32)42(54-46)40-44(58)33-10-4-6-12-36(33)53-48(40)61/h1-21,23,52,59H,22H2,(H,49,54)(H,50,60)(H,51,57)(H,53,61)/b42-40+,56-55?. The molecule has 13 heteroatoms. The number of aromatic hydroxyl groups is 1. The number of amides is 3.